The van der Waals surface area contributed by atoms with Crippen molar-refractivity contribution in [2.75, 3.05) is 6.54 Å². The van der Waals surface area contributed by atoms with Crippen molar-refractivity contribution in [2.24, 2.45) is 5.92 Å². The van der Waals surface area contributed by atoms with Gasteiger partial charge in [-0.15, -0.1) is 0 Å². The fraction of sp³-hybridized carbons (Fsp3) is 0.333. The van der Waals surface area contributed by atoms with Crippen molar-refractivity contribution < 1.29 is 19.1 Å². The minimum absolute atomic E-state index is 0.0364. The first-order chi connectivity index (χ1) is 12.4. The molecule has 2 aromatic rings. The van der Waals surface area contributed by atoms with Crippen LogP contribution in [-0.4, -0.2) is 44.3 Å². The van der Waals surface area contributed by atoms with Crippen molar-refractivity contribution in [3.63, 3.8) is 0 Å². The lowest BCUT2D eigenvalue weighted by Crippen LogP contribution is -2.49. The van der Waals surface area contributed by atoms with Gasteiger partial charge in [0.25, 0.3) is 11.5 Å². The summed E-state index contributed by atoms with van der Waals surface area (Å²) in [4.78, 5) is 37.7. The van der Waals surface area contributed by atoms with Crippen LogP contribution in [0.2, 0.25) is 0 Å². The lowest BCUT2D eigenvalue weighted by Gasteiger charge is -2.37. The Morgan fingerprint density at radius 3 is 2.65 bits per heavy atom. The van der Waals surface area contributed by atoms with Gasteiger partial charge in [0.05, 0.1) is 5.92 Å². The Hall–Kier alpha value is -3.03. The Morgan fingerprint density at radius 1 is 1.23 bits per heavy atom. The molecule has 1 N–H and O–H groups in total. The van der Waals surface area contributed by atoms with E-state index in [9.17, 15) is 23.9 Å². The highest BCUT2D eigenvalue weighted by atomic mass is 19.1. The highest BCUT2D eigenvalue weighted by molar-refractivity contribution is 5.92. The van der Waals surface area contributed by atoms with Crippen molar-refractivity contribution in [3.8, 4) is 5.69 Å². The highest BCUT2D eigenvalue weighted by Gasteiger charge is 2.36. The maximum absolute atomic E-state index is 14.0. The van der Waals surface area contributed by atoms with Crippen molar-refractivity contribution in [2.45, 2.75) is 25.8 Å². The van der Waals surface area contributed by atoms with E-state index in [2.05, 4.69) is 5.10 Å². The minimum atomic E-state index is -0.945. The number of para-hydroxylation sites is 1. The van der Waals surface area contributed by atoms with Gasteiger partial charge in [-0.3, -0.25) is 14.4 Å². The van der Waals surface area contributed by atoms with Crippen LogP contribution >= 0.6 is 0 Å². The smallest absolute Gasteiger partial charge is 0.308 e. The number of aromatic nitrogens is 2. The topological polar surface area (TPSA) is 92.5 Å². The lowest BCUT2D eigenvalue weighted by atomic mass is 9.90. The summed E-state index contributed by atoms with van der Waals surface area (Å²) in [6, 6.07) is 7.56. The van der Waals surface area contributed by atoms with E-state index < -0.39 is 35.2 Å². The number of amides is 1. The molecule has 3 rings (SSSR count). The maximum Gasteiger partial charge on any atom is 0.308 e. The van der Waals surface area contributed by atoms with Gasteiger partial charge in [0, 0.05) is 18.7 Å². The molecule has 0 spiro atoms. The first kappa shape index (κ1) is 17.8. The van der Waals surface area contributed by atoms with Crippen LogP contribution in [0.3, 0.4) is 0 Å². The van der Waals surface area contributed by atoms with Gasteiger partial charge in [-0.2, -0.15) is 9.78 Å². The third kappa shape index (κ3) is 3.22. The molecular weight excluding hydrogens is 341 g/mol. The van der Waals surface area contributed by atoms with Crippen molar-refractivity contribution in [1.29, 1.82) is 0 Å². The normalized spacial score (nSPS) is 20.0. The van der Waals surface area contributed by atoms with Gasteiger partial charge < -0.3 is 10.0 Å². The molecule has 7 nitrogen and oxygen atoms in total. The number of nitrogens with zero attached hydrogens (tertiary/aromatic N) is 3. The molecule has 1 aliphatic heterocycles. The van der Waals surface area contributed by atoms with Gasteiger partial charge in [-0.05, 0) is 38.0 Å². The minimum Gasteiger partial charge on any atom is -0.481 e. The summed E-state index contributed by atoms with van der Waals surface area (Å²) in [6.45, 7) is 2.09. The molecule has 0 radical (unpaired) electrons. The number of aliphatic carboxylic acids is 1. The lowest BCUT2D eigenvalue weighted by molar-refractivity contribution is -0.144. The Balaban J connectivity index is 1.96. The number of hydrogen-bond acceptors (Lipinski definition) is 4. The molecule has 0 bridgehead atoms. The zero-order chi connectivity index (χ0) is 18.8. The number of carbonyl (C=O) groups excluding carboxylic acids is 1. The van der Waals surface area contributed by atoms with Crippen LogP contribution in [0.1, 0.15) is 30.3 Å². The van der Waals surface area contributed by atoms with E-state index in [-0.39, 0.29) is 11.4 Å². The second-order valence-electron chi connectivity index (χ2n) is 6.25. The number of carboxylic acid groups (broad SMARTS) is 1. The molecule has 1 aliphatic rings. The van der Waals surface area contributed by atoms with Gasteiger partial charge in [0.15, 0.2) is 0 Å². The number of likely N-dealkylation sites (tertiary alicyclic amines) is 1. The van der Waals surface area contributed by atoms with E-state index in [1.165, 1.54) is 29.2 Å². The predicted molar refractivity (Wildman–Crippen MR) is 90.7 cm³/mol. The number of carbonyl (C=O) groups is 2. The van der Waals surface area contributed by atoms with Gasteiger partial charge in [0.2, 0.25) is 0 Å². The summed E-state index contributed by atoms with van der Waals surface area (Å²) in [5.41, 5.74) is -0.658. The van der Waals surface area contributed by atoms with Crippen LogP contribution in [0.15, 0.2) is 41.2 Å². The average molecular weight is 359 g/mol. The fourth-order valence-corrected chi connectivity index (χ4v) is 3.23. The summed E-state index contributed by atoms with van der Waals surface area (Å²) in [5.74, 6) is -2.71. The van der Waals surface area contributed by atoms with Gasteiger partial charge in [-0.25, -0.2) is 4.39 Å². The molecule has 1 fully saturated rings. The molecular formula is C18H18FN3O4. The van der Waals surface area contributed by atoms with E-state index in [4.69, 9.17) is 0 Å². The van der Waals surface area contributed by atoms with Gasteiger partial charge in [0.1, 0.15) is 17.2 Å². The summed E-state index contributed by atoms with van der Waals surface area (Å²) in [6.07, 6.45) is 1.07. The molecule has 0 saturated carbocycles. The first-order valence-corrected chi connectivity index (χ1v) is 8.29. The third-order valence-corrected chi connectivity index (χ3v) is 4.67. The summed E-state index contributed by atoms with van der Waals surface area (Å²) < 4.78 is 14.8. The molecule has 1 aromatic heterocycles. The second kappa shape index (κ2) is 7.07. The number of rotatable bonds is 3. The summed E-state index contributed by atoms with van der Waals surface area (Å²) in [5, 5.41) is 13.3. The number of carboxylic acids is 1. The van der Waals surface area contributed by atoms with Crippen molar-refractivity contribution in [1.82, 2.24) is 14.7 Å². The molecule has 0 aliphatic carbocycles. The highest BCUT2D eigenvalue weighted by Crippen LogP contribution is 2.25. The maximum atomic E-state index is 14.0. The Morgan fingerprint density at radius 2 is 1.96 bits per heavy atom. The van der Waals surface area contributed by atoms with E-state index >= 15 is 0 Å². The largest absolute Gasteiger partial charge is 0.481 e. The van der Waals surface area contributed by atoms with E-state index in [1.54, 1.807) is 13.0 Å². The Bertz CT molecular complexity index is 911. The number of benzene rings is 1. The molecule has 0 unspecified atom stereocenters. The SMILES string of the molecule is C[C@@H]1[C@H](C(=O)O)CCCN1C(=O)c1ccc(=O)n(-c2ccccc2F)n1. The molecule has 1 aromatic carbocycles. The molecule has 136 valence electrons. The molecule has 2 atom stereocenters. The number of piperidine rings is 1. The fourth-order valence-electron chi connectivity index (χ4n) is 3.23. The zero-order valence-electron chi connectivity index (χ0n) is 14.1. The molecule has 1 saturated heterocycles. The quantitative estimate of drug-likeness (QED) is 0.900. The van der Waals surface area contributed by atoms with Crippen LogP contribution in [0.5, 0.6) is 0 Å². The van der Waals surface area contributed by atoms with Crippen LogP contribution in [0.25, 0.3) is 5.69 Å². The van der Waals surface area contributed by atoms with Crippen molar-refractivity contribution in [3.05, 3.63) is 58.3 Å². The predicted octanol–water partition coefficient (Wildman–Crippen LogP) is 1.70. The first-order valence-electron chi connectivity index (χ1n) is 8.29. The van der Waals surface area contributed by atoms with Crippen LogP contribution in [0, 0.1) is 11.7 Å². The van der Waals surface area contributed by atoms with Crippen LogP contribution in [0.4, 0.5) is 4.39 Å². The monoisotopic (exact) mass is 359 g/mol. The molecule has 8 heteroatoms. The van der Waals surface area contributed by atoms with E-state index in [1.807, 2.05) is 0 Å². The number of halogens is 1. The van der Waals surface area contributed by atoms with Gasteiger partial charge in [-0.1, -0.05) is 12.1 Å². The Labute approximate surface area is 148 Å². The second-order valence-corrected chi connectivity index (χ2v) is 6.25. The van der Waals surface area contributed by atoms with E-state index in [0.717, 1.165) is 10.7 Å². The molecule has 1 amide bonds. The van der Waals surface area contributed by atoms with Crippen molar-refractivity contribution >= 4 is 11.9 Å². The third-order valence-electron chi connectivity index (χ3n) is 4.67. The molecule has 26 heavy (non-hydrogen) atoms. The molecule has 2 heterocycles. The zero-order valence-corrected chi connectivity index (χ0v) is 14.1. The van der Waals surface area contributed by atoms with Gasteiger partial charge >= 0.3 is 5.97 Å². The van der Waals surface area contributed by atoms with Crippen LogP contribution in [-0.2, 0) is 4.79 Å². The number of hydrogen-bond donors (Lipinski definition) is 1. The average Bonchev–Trinajstić information content (AvgIpc) is 2.62. The van der Waals surface area contributed by atoms with Crippen LogP contribution < -0.4 is 5.56 Å². The van der Waals surface area contributed by atoms with E-state index in [0.29, 0.717) is 19.4 Å². The Kier molecular flexibility index (Phi) is 4.83. The standard InChI is InChI=1S/C18H18FN3O4/c1-11-12(18(25)26)5-4-10-21(11)17(24)14-8-9-16(23)22(20-14)15-7-3-2-6-13(15)19/h2-3,6-9,11-12H,4-5,10H2,1H3,(H,25,26)/t11-,12-/m1/s1. The summed E-state index contributed by atoms with van der Waals surface area (Å²) in [7, 11) is 0. The summed E-state index contributed by atoms with van der Waals surface area (Å²) >= 11 is 0.